The Hall–Kier alpha value is -6.27. The molecule has 0 fully saturated rings. The summed E-state index contributed by atoms with van der Waals surface area (Å²) in [5.74, 6) is 0.496. The van der Waals surface area contributed by atoms with Crippen molar-refractivity contribution in [3.05, 3.63) is 162 Å². The lowest BCUT2D eigenvalue weighted by Gasteiger charge is -2.35. The van der Waals surface area contributed by atoms with Gasteiger partial charge < -0.3 is 10.2 Å². The van der Waals surface area contributed by atoms with Crippen LogP contribution in [0.1, 0.15) is 22.9 Å². The van der Waals surface area contributed by atoms with Gasteiger partial charge in [-0.15, -0.1) is 0 Å². The summed E-state index contributed by atoms with van der Waals surface area (Å²) in [7, 11) is 0. The van der Waals surface area contributed by atoms with Crippen LogP contribution in [0, 0.1) is 12.3 Å². The van der Waals surface area contributed by atoms with E-state index in [1.54, 1.807) is 0 Å². The van der Waals surface area contributed by atoms with Crippen molar-refractivity contribution in [3.8, 4) is 11.1 Å². The van der Waals surface area contributed by atoms with Gasteiger partial charge >= 0.3 is 0 Å². The maximum Gasteiger partial charge on any atom is 0.229 e. The van der Waals surface area contributed by atoms with Gasteiger partial charge in [-0.3, -0.25) is 9.98 Å². The fourth-order valence-corrected chi connectivity index (χ4v) is 6.79. The molecule has 2 aliphatic rings. The Morgan fingerprint density at radius 2 is 1.34 bits per heavy atom. The van der Waals surface area contributed by atoms with Crippen LogP contribution in [-0.2, 0) is 0 Å². The second kappa shape index (κ2) is 11.6. The lowest BCUT2D eigenvalue weighted by Crippen LogP contribution is -2.27. The Morgan fingerprint density at radius 1 is 0.681 bits per heavy atom. The quantitative estimate of drug-likeness (QED) is 0.144. The number of amidine groups is 1. The predicted octanol–water partition coefficient (Wildman–Crippen LogP) is 9.96. The number of nitrogens with one attached hydrogen (secondary N) is 2. The first kappa shape index (κ1) is 28.2. The molecule has 6 nitrogen and oxygen atoms in total. The smallest absolute Gasteiger partial charge is 0.229 e. The number of fused-ring (bicyclic) bond motifs is 12. The van der Waals surface area contributed by atoms with E-state index in [9.17, 15) is 5.41 Å². The molecule has 6 aromatic carbocycles. The van der Waals surface area contributed by atoms with E-state index in [1.807, 2.05) is 71.3 Å². The van der Waals surface area contributed by atoms with Crippen LogP contribution in [-0.4, -0.2) is 23.1 Å². The standard InChI is InChI=1S/C34H24N6.C7H8/c1-36-32(21-11-3-2-4-12-21)38-34(35)40-28-18-10-8-15-24(28)25-19-20-29-30(31(25)40)37-33-26-16-6-5-13-22(26)23-14-7-9-17-27(23)39(29)33;1-7-5-3-2-4-6-7/h2-20,33,35,37H,1H2;2-6H,1H3/b35-34?,38-32-;. The normalized spacial score (nSPS) is 14.3. The number of aryl methyl sites for hydroxylation is 1. The first-order valence-electron chi connectivity index (χ1n) is 15.7. The molecular weight excluding hydrogens is 576 g/mol. The van der Waals surface area contributed by atoms with Crippen molar-refractivity contribution in [2.45, 2.75) is 13.1 Å². The van der Waals surface area contributed by atoms with Crippen LogP contribution in [0.25, 0.3) is 32.9 Å². The third-order valence-electron chi connectivity index (χ3n) is 8.87. The van der Waals surface area contributed by atoms with E-state index < -0.39 is 0 Å². The van der Waals surface area contributed by atoms with Gasteiger partial charge in [0.1, 0.15) is 6.17 Å². The van der Waals surface area contributed by atoms with E-state index in [0.717, 1.165) is 44.4 Å². The van der Waals surface area contributed by atoms with Crippen molar-refractivity contribution in [1.82, 2.24) is 4.57 Å². The summed E-state index contributed by atoms with van der Waals surface area (Å²) in [6.07, 6.45) is -0.0643. The van der Waals surface area contributed by atoms with Gasteiger partial charge in [0.05, 0.1) is 28.1 Å². The largest absolute Gasteiger partial charge is 0.358 e. The van der Waals surface area contributed by atoms with E-state index in [-0.39, 0.29) is 12.1 Å². The van der Waals surface area contributed by atoms with E-state index in [0.29, 0.717) is 5.84 Å². The molecule has 47 heavy (non-hydrogen) atoms. The average molecular weight is 609 g/mol. The van der Waals surface area contributed by atoms with Gasteiger partial charge in [-0.25, -0.2) is 4.99 Å². The molecule has 1 atom stereocenters. The Labute approximate surface area is 273 Å². The van der Waals surface area contributed by atoms with Crippen LogP contribution in [0.5, 0.6) is 0 Å². The van der Waals surface area contributed by atoms with Gasteiger partial charge in [0.25, 0.3) is 0 Å². The number of anilines is 3. The summed E-state index contributed by atoms with van der Waals surface area (Å²) in [4.78, 5) is 11.2. The van der Waals surface area contributed by atoms with E-state index in [1.165, 1.54) is 22.3 Å². The maximum absolute atomic E-state index is 9.24. The molecule has 6 heteroatoms. The van der Waals surface area contributed by atoms with Gasteiger partial charge in [-0.1, -0.05) is 127 Å². The number of para-hydroxylation sites is 2. The highest BCUT2D eigenvalue weighted by atomic mass is 15.3. The lowest BCUT2D eigenvalue weighted by molar-refractivity contribution is 0.819. The predicted molar refractivity (Wildman–Crippen MR) is 197 cm³/mol. The zero-order valence-corrected chi connectivity index (χ0v) is 25.9. The van der Waals surface area contributed by atoms with Gasteiger partial charge in [0.2, 0.25) is 5.96 Å². The number of benzene rings is 6. The summed E-state index contributed by atoms with van der Waals surface area (Å²) < 4.78 is 1.93. The first-order valence-corrected chi connectivity index (χ1v) is 15.7. The number of hydrogen-bond donors (Lipinski definition) is 2. The number of aromatic nitrogens is 1. The molecule has 9 rings (SSSR count). The Morgan fingerprint density at radius 3 is 2.09 bits per heavy atom. The van der Waals surface area contributed by atoms with Gasteiger partial charge in [0, 0.05) is 27.5 Å². The van der Waals surface area contributed by atoms with Crippen LogP contribution >= 0.6 is 0 Å². The van der Waals surface area contributed by atoms with Crippen molar-refractivity contribution < 1.29 is 0 Å². The number of hydrogen-bond acceptors (Lipinski definition) is 3. The molecule has 0 spiro atoms. The molecule has 0 amide bonds. The van der Waals surface area contributed by atoms with Crippen LogP contribution in [0.2, 0.25) is 0 Å². The minimum absolute atomic E-state index is 0.0643. The summed E-state index contributed by atoms with van der Waals surface area (Å²) >= 11 is 0. The molecule has 0 bridgehead atoms. The van der Waals surface area contributed by atoms with Crippen molar-refractivity contribution in [1.29, 1.82) is 5.41 Å². The fraction of sp³-hybridized carbons (Fsp3) is 0.0488. The number of rotatable bonds is 1. The van der Waals surface area contributed by atoms with E-state index in [2.05, 4.69) is 113 Å². The molecule has 7 aromatic rings. The Kier molecular flexibility index (Phi) is 6.95. The van der Waals surface area contributed by atoms with Gasteiger partial charge in [-0.2, -0.15) is 4.99 Å². The molecule has 0 radical (unpaired) electrons. The number of nitrogens with zero attached hydrogens (tertiary/aromatic N) is 4. The second-order valence-electron chi connectivity index (χ2n) is 11.7. The Balaban J connectivity index is 0.000000413. The summed E-state index contributed by atoms with van der Waals surface area (Å²) in [5.41, 5.74) is 10.9. The maximum atomic E-state index is 9.24. The third kappa shape index (κ3) is 4.70. The summed E-state index contributed by atoms with van der Waals surface area (Å²) in [6, 6.07) is 49.6. The highest BCUT2D eigenvalue weighted by molar-refractivity contribution is 6.21. The third-order valence-corrected chi connectivity index (χ3v) is 8.87. The summed E-state index contributed by atoms with van der Waals surface area (Å²) in [5, 5.41) is 15.2. The van der Waals surface area contributed by atoms with Crippen molar-refractivity contribution in [2.24, 2.45) is 9.98 Å². The van der Waals surface area contributed by atoms with Crippen LogP contribution in [0.4, 0.5) is 17.1 Å². The van der Waals surface area contributed by atoms with E-state index >= 15 is 0 Å². The molecule has 1 unspecified atom stereocenters. The minimum atomic E-state index is -0.0643. The van der Waals surface area contributed by atoms with Crippen molar-refractivity contribution in [3.63, 3.8) is 0 Å². The van der Waals surface area contributed by atoms with Gasteiger partial charge in [-0.05, 0) is 43.5 Å². The molecule has 0 aliphatic carbocycles. The van der Waals surface area contributed by atoms with Crippen molar-refractivity contribution >= 4 is 57.4 Å². The molecule has 1 aromatic heterocycles. The SMILES string of the molecule is C=N/C(=N\C(=N)n1c2ccccc2c2ccc3c(c21)NC1c2ccccc2-c2ccccc2N31)c1ccccc1.Cc1ccccc1. The molecule has 0 saturated carbocycles. The highest BCUT2D eigenvalue weighted by Crippen LogP contribution is 2.56. The van der Waals surface area contributed by atoms with Gasteiger partial charge in [0.15, 0.2) is 5.84 Å². The molecule has 226 valence electrons. The molecule has 0 saturated heterocycles. The van der Waals surface area contributed by atoms with Crippen LogP contribution in [0.15, 0.2) is 156 Å². The van der Waals surface area contributed by atoms with Crippen LogP contribution < -0.4 is 10.2 Å². The van der Waals surface area contributed by atoms with E-state index in [4.69, 9.17) is 0 Å². The topological polar surface area (TPSA) is 68.8 Å². The molecule has 3 heterocycles. The van der Waals surface area contributed by atoms with Crippen LogP contribution in [0.3, 0.4) is 0 Å². The average Bonchev–Trinajstić information content (AvgIpc) is 3.69. The fourth-order valence-electron chi connectivity index (χ4n) is 6.79. The molecule has 2 N–H and O–H groups in total. The van der Waals surface area contributed by atoms with Crippen molar-refractivity contribution in [2.75, 3.05) is 10.2 Å². The minimum Gasteiger partial charge on any atom is -0.358 e. The second-order valence-corrected chi connectivity index (χ2v) is 11.7. The Bertz CT molecular complexity index is 2340. The molecular formula is C41H32N6. The highest BCUT2D eigenvalue weighted by Gasteiger charge is 2.39. The first-order chi connectivity index (χ1) is 23.1. The zero-order chi connectivity index (χ0) is 31.9. The molecule has 2 aliphatic heterocycles. The monoisotopic (exact) mass is 608 g/mol. The zero-order valence-electron chi connectivity index (χ0n) is 25.9. The lowest BCUT2D eigenvalue weighted by atomic mass is 9.91. The number of aliphatic imine (C=N–C) groups is 2. The summed E-state index contributed by atoms with van der Waals surface area (Å²) in [6.45, 7) is 5.82.